The molecule has 3 fully saturated rings. The highest BCUT2D eigenvalue weighted by molar-refractivity contribution is 7.84. The lowest BCUT2D eigenvalue weighted by Crippen LogP contribution is -2.37. The fourth-order valence-electron chi connectivity index (χ4n) is 3.55. The van der Waals surface area contributed by atoms with E-state index in [0.29, 0.717) is 12.0 Å². The normalized spacial score (nSPS) is 54.5. The van der Waals surface area contributed by atoms with Crippen molar-refractivity contribution in [3.63, 3.8) is 0 Å². The molecular formula is C9H15NO3S. The van der Waals surface area contributed by atoms with Crippen molar-refractivity contribution in [1.82, 2.24) is 4.72 Å². The molecule has 1 spiro atoms. The zero-order valence-corrected chi connectivity index (χ0v) is 9.06. The van der Waals surface area contributed by atoms with Crippen LogP contribution in [0.5, 0.6) is 0 Å². The van der Waals surface area contributed by atoms with Crippen molar-refractivity contribution in [3.05, 3.63) is 0 Å². The Kier molecular flexibility index (Phi) is 1.52. The summed E-state index contributed by atoms with van der Waals surface area (Å²) in [5, 5.41) is 0. The first kappa shape index (κ1) is 9.12. The summed E-state index contributed by atoms with van der Waals surface area (Å²) in [6, 6.07) is 0.125. The van der Waals surface area contributed by atoms with Gasteiger partial charge in [-0.05, 0) is 36.5 Å². The highest BCUT2D eigenvalue weighted by Gasteiger charge is 2.71. The third kappa shape index (κ3) is 0.978. The molecule has 1 heterocycles. The van der Waals surface area contributed by atoms with Crippen LogP contribution in [0.1, 0.15) is 32.6 Å². The Morgan fingerprint density at radius 1 is 1.43 bits per heavy atom. The van der Waals surface area contributed by atoms with Crippen LogP contribution in [-0.4, -0.2) is 21.1 Å². The SMILES string of the molecule is C[C@]12CC[C@H]3NS(=O)(=O)OCC[C@@]31C2. The minimum absolute atomic E-state index is 0.125. The predicted octanol–water partition coefficient (Wildman–Crippen LogP) is 0.800. The first-order chi connectivity index (χ1) is 6.48. The van der Waals surface area contributed by atoms with Crippen LogP contribution in [0.3, 0.4) is 0 Å². The third-order valence-electron chi connectivity index (χ3n) is 4.51. The van der Waals surface area contributed by atoms with E-state index in [2.05, 4.69) is 11.6 Å². The molecule has 4 nitrogen and oxygen atoms in total. The quantitative estimate of drug-likeness (QED) is 0.653. The van der Waals surface area contributed by atoms with Gasteiger partial charge in [-0.15, -0.1) is 0 Å². The molecule has 0 aromatic heterocycles. The second-order valence-electron chi connectivity index (χ2n) is 5.13. The molecule has 0 aromatic rings. The van der Waals surface area contributed by atoms with Gasteiger partial charge in [0.1, 0.15) is 0 Å². The number of hydrogen-bond acceptors (Lipinski definition) is 3. The molecule has 3 rings (SSSR count). The molecule has 0 bridgehead atoms. The number of hydrogen-bond donors (Lipinski definition) is 1. The monoisotopic (exact) mass is 217 g/mol. The van der Waals surface area contributed by atoms with Gasteiger partial charge in [0.25, 0.3) is 0 Å². The molecule has 3 aliphatic rings. The van der Waals surface area contributed by atoms with Crippen LogP contribution in [0.4, 0.5) is 0 Å². The summed E-state index contributed by atoms with van der Waals surface area (Å²) in [5.41, 5.74) is 0.602. The summed E-state index contributed by atoms with van der Waals surface area (Å²) in [5.74, 6) is 0. The average Bonchev–Trinajstić information content (AvgIpc) is 2.62. The Labute approximate surface area is 84.3 Å². The molecular weight excluding hydrogens is 202 g/mol. The predicted molar refractivity (Wildman–Crippen MR) is 50.8 cm³/mol. The van der Waals surface area contributed by atoms with Gasteiger partial charge in [-0.25, -0.2) is 0 Å². The fraction of sp³-hybridized carbons (Fsp3) is 1.00. The summed E-state index contributed by atoms with van der Waals surface area (Å²) < 4.78 is 30.2. The molecule has 3 atom stereocenters. The van der Waals surface area contributed by atoms with E-state index in [-0.39, 0.29) is 11.5 Å². The minimum atomic E-state index is -3.46. The van der Waals surface area contributed by atoms with Gasteiger partial charge in [0.05, 0.1) is 6.61 Å². The first-order valence-corrected chi connectivity index (χ1v) is 6.55. The van der Waals surface area contributed by atoms with Crippen molar-refractivity contribution < 1.29 is 12.6 Å². The Hall–Kier alpha value is -0.130. The van der Waals surface area contributed by atoms with Gasteiger partial charge in [-0.2, -0.15) is 13.1 Å². The standard InChI is InChI=1S/C9H15NO3S/c1-8-3-2-7-9(8,6-8)4-5-13-14(11,12)10-7/h7,10H,2-6H2,1H3/t7-,8-,9-/m1/s1. The summed E-state index contributed by atoms with van der Waals surface area (Å²) >= 11 is 0. The molecule has 5 heteroatoms. The number of rotatable bonds is 0. The Balaban J connectivity index is 1.95. The van der Waals surface area contributed by atoms with E-state index in [0.717, 1.165) is 25.7 Å². The maximum Gasteiger partial charge on any atom is 0.336 e. The van der Waals surface area contributed by atoms with Crippen LogP contribution in [0.2, 0.25) is 0 Å². The van der Waals surface area contributed by atoms with Gasteiger partial charge in [0.15, 0.2) is 0 Å². The zero-order chi connectivity index (χ0) is 10.0. The Morgan fingerprint density at radius 2 is 2.21 bits per heavy atom. The first-order valence-electron chi connectivity index (χ1n) is 5.14. The van der Waals surface area contributed by atoms with Crippen molar-refractivity contribution in [1.29, 1.82) is 0 Å². The molecule has 80 valence electrons. The van der Waals surface area contributed by atoms with E-state index < -0.39 is 10.3 Å². The molecule has 1 aliphatic heterocycles. The smallest absolute Gasteiger partial charge is 0.258 e. The highest BCUT2D eigenvalue weighted by atomic mass is 32.2. The van der Waals surface area contributed by atoms with Crippen molar-refractivity contribution in [2.24, 2.45) is 10.8 Å². The molecule has 14 heavy (non-hydrogen) atoms. The number of nitrogens with one attached hydrogen (secondary N) is 1. The summed E-state index contributed by atoms with van der Waals surface area (Å²) in [6.07, 6.45) is 4.18. The van der Waals surface area contributed by atoms with Crippen molar-refractivity contribution in [2.45, 2.75) is 38.6 Å². The van der Waals surface area contributed by atoms with E-state index >= 15 is 0 Å². The fourth-order valence-corrected chi connectivity index (χ4v) is 4.61. The van der Waals surface area contributed by atoms with Gasteiger partial charge >= 0.3 is 10.3 Å². The van der Waals surface area contributed by atoms with Gasteiger partial charge in [-0.3, -0.25) is 4.18 Å². The van der Waals surface area contributed by atoms with Crippen molar-refractivity contribution >= 4 is 10.3 Å². The van der Waals surface area contributed by atoms with Gasteiger partial charge < -0.3 is 0 Å². The second-order valence-corrected chi connectivity index (χ2v) is 6.51. The van der Waals surface area contributed by atoms with E-state index in [4.69, 9.17) is 4.18 Å². The van der Waals surface area contributed by atoms with E-state index in [9.17, 15) is 8.42 Å². The minimum Gasteiger partial charge on any atom is -0.258 e. The molecule has 0 unspecified atom stereocenters. The topological polar surface area (TPSA) is 55.4 Å². The molecule has 2 aliphatic carbocycles. The zero-order valence-electron chi connectivity index (χ0n) is 8.25. The van der Waals surface area contributed by atoms with Gasteiger partial charge in [0.2, 0.25) is 0 Å². The van der Waals surface area contributed by atoms with Crippen molar-refractivity contribution in [3.8, 4) is 0 Å². The van der Waals surface area contributed by atoms with Crippen molar-refractivity contribution in [2.75, 3.05) is 6.61 Å². The lowest BCUT2D eigenvalue weighted by molar-refractivity contribution is 0.269. The third-order valence-corrected chi connectivity index (χ3v) is 5.56. The molecule has 0 aromatic carbocycles. The van der Waals surface area contributed by atoms with Crippen LogP contribution in [0.25, 0.3) is 0 Å². The van der Waals surface area contributed by atoms with Gasteiger partial charge in [-0.1, -0.05) is 6.92 Å². The van der Waals surface area contributed by atoms with E-state index in [1.54, 1.807) is 0 Å². The average molecular weight is 217 g/mol. The largest absolute Gasteiger partial charge is 0.336 e. The molecule has 0 radical (unpaired) electrons. The molecule has 2 saturated carbocycles. The maximum atomic E-state index is 11.3. The highest BCUT2D eigenvalue weighted by Crippen LogP contribution is 2.75. The molecule has 0 amide bonds. The summed E-state index contributed by atoms with van der Waals surface area (Å²) in [4.78, 5) is 0. The van der Waals surface area contributed by atoms with Crippen LogP contribution in [0.15, 0.2) is 0 Å². The van der Waals surface area contributed by atoms with Crippen LogP contribution in [-0.2, 0) is 14.5 Å². The van der Waals surface area contributed by atoms with E-state index in [1.807, 2.05) is 0 Å². The second kappa shape index (κ2) is 2.33. The Morgan fingerprint density at radius 3 is 2.93 bits per heavy atom. The lowest BCUT2D eigenvalue weighted by Gasteiger charge is -2.19. The van der Waals surface area contributed by atoms with Crippen LogP contribution in [0, 0.1) is 10.8 Å². The Bertz CT molecular complexity index is 380. The maximum absolute atomic E-state index is 11.3. The van der Waals surface area contributed by atoms with Gasteiger partial charge in [0, 0.05) is 6.04 Å². The summed E-state index contributed by atoms with van der Waals surface area (Å²) in [6.45, 7) is 2.62. The lowest BCUT2D eigenvalue weighted by atomic mass is 9.91. The van der Waals surface area contributed by atoms with Crippen LogP contribution >= 0.6 is 0 Å². The summed E-state index contributed by atoms with van der Waals surface area (Å²) in [7, 11) is -3.46. The van der Waals surface area contributed by atoms with E-state index in [1.165, 1.54) is 0 Å². The molecule has 1 saturated heterocycles. The van der Waals surface area contributed by atoms with Crippen LogP contribution < -0.4 is 4.72 Å². The molecule has 1 N–H and O–H groups in total.